The van der Waals surface area contributed by atoms with Gasteiger partial charge in [-0.1, -0.05) is 12.1 Å². The second-order valence-corrected chi connectivity index (χ2v) is 7.47. The summed E-state index contributed by atoms with van der Waals surface area (Å²) in [4.78, 5) is 19.7. The molecule has 4 aromatic heterocycles. The number of rotatable bonds is 5. The lowest BCUT2D eigenvalue weighted by molar-refractivity contribution is 0.0953. The maximum Gasteiger partial charge on any atom is 0.252 e. The molecule has 0 aliphatic rings. The molecular weight excluding hydrogens is 352 g/mol. The summed E-state index contributed by atoms with van der Waals surface area (Å²) in [6, 6.07) is 9.86. The predicted molar refractivity (Wildman–Crippen MR) is 102 cm³/mol. The van der Waals surface area contributed by atoms with Crippen molar-refractivity contribution in [3.05, 3.63) is 57.7 Å². The molecule has 0 aromatic carbocycles. The SMILES string of the molecule is CCn1ncc2c(C(=O)NCc3cccs3)cc(-c3cccs3)nc21. The first kappa shape index (κ1) is 16.0. The molecule has 7 heteroatoms. The molecule has 0 aliphatic carbocycles. The van der Waals surface area contributed by atoms with Crippen LogP contribution < -0.4 is 5.32 Å². The van der Waals surface area contributed by atoms with Crippen molar-refractivity contribution in [2.45, 2.75) is 20.0 Å². The lowest BCUT2D eigenvalue weighted by Gasteiger charge is -2.08. The third-order valence-electron chi connectivity index (χ3n) is 3.93. The minimum atomic E-state index is -0.103. The molecule has 0 fully saturated rings. The van der Waals surface area contributed by atoms with Crippen molar-refractivity contribution in [3.63, 3.8) is 0 Å². The molecule has 5 nitrogen and oxygen atoms in total. The van der Waals surface area contributed by atoms with Gasteiger partial charge in [0.1, 0.15) is 0 Å². The second kappa shape index (κ2) is 6.78. The van der Waals surface area contributed by atoms with E-state index < -0.39 is 0 Å². The molecule has 126 valence electrons. The Bertz CT molecular complexity index is 1000. The molecule has 0 bridgehead atoms. The Morgan fingerprint density at radius 3 is 2.80 bits per heavy atom. The van der Waals surface area contributed by atoms with Crippen LogP contribution in [0.1, 0.15) is 22.2 Å². The van der Waals surface area contributed by atoms with Crippen LogP contribution in [0.3, 0.4) is 0 Å². The van der Waals surface area contributed by atoms with Crippen molar-refractivity contribution >= 4 is 39.6 Å². The highest BCUT2D eigenvalue weighted by Crippen LogP contribution is 2.28. The number of hydrogen-bond donors (Lipinski definition) is 1. The molecule has 0 spiro atoms. The second-order valence-electron chi connectivity index (χ2n) is 5.49. The molecule has 0 aliphatic heterocycles. The van der Waals surface area contributed by atoms with Crippen molar-refractivity contribution in [3.8, 4) is 10.6 Å². The highest BCUT2D eigenvalue weighted by Gasteiger charge is 2.17. The summed E-state index contributed by atoms with van der Waals surface area (Å²) in [5.74, 6) is -0.103. The number of nitrogens with zero attached hydrogens (tertiary/aromatic N) is 3. The van der Waals surface area contributed by atoms with E-state index in [4.69, 9.17) is 4.98 Å². The summed E-state index contributed by atoms with van der Waals surface area (Å²) in [7, 11) is 0. The van der Waals surface area contributed by atoms with E-state index in [1.54, 1.807) is 28.9 Å². The fourth-order valence-corrected chi connectivity index (χ4v) is 4.02. The summed E-state index contributed by atoms with van der Waals surface area (Å²) >= 11 is 3.24. The molecular formula is C18H16N4OS2. The van der Waals surface area contributed by atoms with Crippen molar-refractivity contribution < 1.29 is 4.79 Å². The third kappa shape index (κ3) is 3.08. The maximum atomic E-state index is 12.8. The van der Waals surface area contributed by atoms with Crippen LogP contribution in [0.2, 0.25) is 0 Å². The van der Waals surface area contributed by atoms with Gasteiger partial charge in [-0.25, -0.2) is 9.67 Å². The van der Waals surface area contributed by atoms with Crippen LogP contribution in [0.15, 0.2) is 47.3 Å². The van der Waals surface area contributed by atoms with E-state index >= 15 is 0 Å². The van der Waals surface area contributed by atoms with E-state index in [0.29, 0.717) is 18.7 Å². The quantitative estimate of drug-likeness (QED) is 0.575. The van der Waals surface area contributed by atoms with Gasteiger partial charge in [0.25, 0.3) is 5.91 Å². The Labute approximate surface area is 153 Å². The molecule has 25 heavy (non-hydrogen) atoms. The van der Waals surface area contributed by atoms with Gasteiger partial charge in [-0.15, -0.1) is 22.7 Å². The highest BCUT2D eigenvalue weighted by molar-refractivity contribution is 7.13. The average molecular weight is 368 g/mol. The standard InChI is InChI=1S/C18H16N4OS2/c1-2-22-17-14(11-20-22)13(9-15(21-17)16-6-4-8-25-16)18(23)19-10-12-5-3-7-24-12/h3-9,11H,2,10H2,1H3,(H,19,23). The Kier molecular flexibility index (Phi) is 4.33. The summed E-state index contributed by atoms with van der Waals surface area (Å²) in [5, 5.41) is 12.2. The fraction of sp³-hybridized carbons (Fsp3) is 0.167. The molecule has 1 amide bonds. The maximum absolute atomic E-state index is 12.8. The van der Waals surface area contributed by atoms with Gasteiger partial charge in [0.15, 0.2) is 5.65 Å². The van der Waals surface area contributed by atoms with Crippen LogP contribution in [0.4, 0.5) is 0 Å². The number of fused-ring (bicyclic) bond motifs is 1. The van der Waals surface area contributed by atoms with E-state index in [2.05, 4.69) is 10.4 Å². The Morgan fingerprint density at radius 1 is 1.24 bits per heavy atom. The first-order valence-corrected chi connectivity index (χ1v) is 9.73. The molecule has 0 radical (unpaired) electrons. The van der Waals surface area contributed by atoms with Gasteiger partial charge >= 0.3 is 0 Å². The van der Waals surface area contributed by atoms with Gasteiger partial charge in [-0.2, -0.15) is 5.10 Å². The van der Waals surface area contributed by atoms with Gasteiger partial charge in [0.05, 0.1) is 34.3 Å². The topological polar surface area (TPSA) is 59.8 Å². The molecule has 0 saturated heterocycles. The summed E-state index contributed by atoms with van der Waals surface area (Å²) in [5.41, 5.74) is 2.17. The number of hydrogen-bond acceptors (Lipinski definition) is 5. The number of amides is 1. The van der Waals surface area contributed by atoms with Crippen LogP contribution in [0.25, 0.3) is 21.6 Å². The van der Waals surface area contributed by atoms with Gasteiger partial charge in [0, 0.05) is 11.4 Å². The van der Waals surface area contributed by atoms with Crippen molar-refractivity contribution in [1.82, 2.24) is 20.1 Å². The number of nitrogens with one attached hydrogen (secondary N) is 1. The monoisotopic (exact) mass is 368 g/mol. The Balaban J connectivity index is 1.75. The smallest absolute Gasteiger partial charge is 0.252 e. The largest absolute Gasteiger partial charge is 0.347 e. The third-order valence-corrected chi connectivity index (χ3v) is 5.70. The van der Waals surface area contributed by atoms with Gasteiger partial charge in [0.2, 0.25) is 0 Å². The van der Waals surface area contributed by atoms with E-state index in [1.807, 2.05) is 52.7 Å². The van der Waals surface area contributed by atoms with E-state index in [-0.39, 0.29) is 5.91 Å². The average Bonchev–Trinajstić information content (AvgIpc) is 3.39. The number of aryl methyl sites for hydroxylation is 1. The summed E-state index contributed by atoms with van der Waals surface area (Å²) in [6.45, 7) is 3.25. The minimum absolute atomic E-state index is 0.103. The van der Waals surface area contributed by atoms with Crippen LogP contribution in [-0.4, -0.2) is 20.7 Å². The fourth-order valence-electron chi connectivity index (χ4n) is 2.69. The molecule has 4 aromatic rings. The normalized spacial score (nSPS) is 11.1. The van der Waals surface area contributed by atoms with Crippen LogP contribution >= 0.6 is 22.7 Å². The lowest BCUT2D eigenvalue weighted by atomic mass is 10.1. The van der Waals surface area contributed by atoms with Crippen molar-refractivity contribution in [2.75, 3.05) is 0 Å². The first-order valence-electron chi connectivity index (χ1n) is 7.97. The van der Waals surface area contributed by atoms with Crippen molar-refractivity contribution in [2.24, 2.45) is 0 Å². The van der Waals surface area contributed by atoms with Crippen molar-refractivity contribution in [1.29, 1.82) is 0 Å². The van der Waals surface area contributed by atoms with Gasteiger partial charge in [-0.3, -0.25) is 4.79 Å². The number of aromatic nitrogens is 3. The minimum Gasteiger partial charge on any atom is -0.347 e. The number of thiophene rings is 2. The molecule has 0 unspecified atom stereocenters. The molecule has 4 heterocycles. The van der Waals surface area contributed by atoms with E-state index in [1.165, 1.54) is 0 Å². The zero-order chi connectivity index (χ0) is 17.2. The number of carbonyl (C=O) groups excluding carboxylic acids is 1. The van der Waals surface area contributed by atoms with E-state index in [9.17, 15) is 4.79 Å². The molecule has 1 N–H and O–H groups in total. The molecule has 4 rings (SSSR count). The van der Waals surface area contributed by atoms with Gasteiger partial charge in [-0.05, 0) is 35.9 Å². The summed E-state index contributed by atoms with van der Waals surface area (Å²) < 4.78 is 1.82. The number of carbonyl (C=O) groups is 1. The Morgan fingerprint density at radius 2 is 2.08 bits per heavy atom. The van der Waals surface area contributed by atoms with Gasteiger partial charge < -0.3 is 5.32 Å². The van der Waals surface area contributed by atoms with Crippen LogP contribution in [-0.2, 0) is 13.1 Å². The summed E-state index contributed by atoms with van der Waals surface area (Å²) in [6.07, 6.45) is 1.73. The predicted octanol–water partition coefficient (Wildman–Crippen LogP) is 4.17. The lowest BCUT2D eigenvalue weighted by Crippen LogP contribution is -2.22. The number of pyridine rings is 1. The van der Waals surface area contributed by atoms with Crippen LogP contribution in [0, 0.1) is 0 Å². The zero-order valence-corrected chi connectivity index (χ0v) is 15.2. The molecule has 0 atom stereocenters. The zero-order valence-electron chi connectivity index (χ0n) is 13.6. The Hall–Kier alpha value is -2.51. The molecule has 0 saturated carbocycles. The van der Waals surface area contributed by atoms with E-state index in [0.717, 1.165) is 26.5 Å². The van der Waals surface area contributed by atoms with Crippen LogP contribution in [0.5, 0.6) is 0 Å². The highest BCUT2D eigenvalue weighted by atomic mass is 32.1. The first-order chi connectivity index (χ1) is 12.3.